The average Bonchev–Trinajstić information content (AvgIpc) is 3.67. The van der Waals surface area contributed by atoms with Gasteiger partial charge in [0.15, 0.2) is 0 Å². The van der Waals surface area contributed by atoms with Gasteiger partial charge < -0.3 is 24.6 Å². The number of aliphatic hydroxyl groups is 1. The Balaban J connectivity index is 1.32. The number of methoxy groups -OCH3 is 1. The third-order valence-electron chi connectivity index (χ3n) is 6.25. The van der Waals surface area contributed by atoms with Gasteiger partial charge in [0.2, 0.25) is 4.34 Å². The van der Waals surface area contributed by atoms with E-state index in [1.54, 1.807) is 35.1 Å². The largest absolute Gasteiger partial charge is 0.491 e. The molecule has 4 aromatic rings. The van der Waals surface area contributed by atoms with Crippen LogP contribution < -0.4 is 19.9 Å². The number of rotatable bonds is 18. The fraction of sp³-hybridized carbons (Fsp3) is 0.407. The van der Waals surface area contributed by atoms with Crippen LogP contribution in [0.1, 0.15) is 23.7 Å². The van der Waals surface area contributed by atoms with Crippen LogP contribution in [0, 0.1) is 0 Å². The minimum Gasteiger partial charge on any atom is -0.491 e. The smallest absolute Gasteiger partial charge is 0.323 e. The Morgan fingerprint density at radius 1 is 1.23 bits per heavy atom. The van der Waals surface area contributed by atoms with E-state index in [0.717, 1.165) is 16.9 Å². The first-order valence-electron chi connectivity index (χ1n) is 13.4. The van der Waals surface area contributed by atoms with Crippen molar-refractivity contribution in [2.45, 2.75) is 35.2 Å². The molecule has 0 saturated heterocycles. The highest BCUT2D eigenvalue weighted by Gasteiger charge is 2.22. The van der Waals surface area contributed by atoms with E-state index in [1.807, 2.05) is 18.2 Å². The van der Waals surface area contributed by atoms with Crippen LogP contribution in [0.5, 0.6) is 11.5 Å². The summed E-state index contributed by atoms with van der Waals surface area (Å²) in [4.78, 5) is 16.5. The fourth-order valence-corrected chi connectivity index (χ4v) is 6.80. The molecule has 0 amide bonds. The number of sulfonamides is 1. The summed E-state index contributed by atoms with van der Waals surface area (Å²) < 4.78 is 53.8. The molecule has 0 aliphatic carbocycles. The van der Waals surface area contributed by atoms with Crippen LogP contribution in [0.15, 0.2) is 53.0 Å². The number of ether oxygens (including phenoxy) is 3. The van der Waals surface area contributed by atoms with Gasteiger partial charge in [-0.25, -0.2) is 27.6 Å². The molecule has 0 spiro atoms. The number of fused-ring (bicyclic) bond motifs is 1. The molecular formula is C27H33FN6O7S3. The number of primary sulfonamides is 1. The zero-order valence-electron chi connectivity index (χ0n) is 23.8. The summed E-state index contributed by atoms with van der Waals surface area (Å²) in [5.74, 6) is 1.70. The number of hydrogen-bond acceptors (Lipinski definition) is 13. The van der Waals surface area contributed by atoms with Crippen molar-refractivity contribution in [3.05, 3.63) is 59.9 Å². The van der Waals surface area contributed by atoms with E-state index in [4.69, 9.17) is 19.3 Å². The number of thioether (sulfide) groups is 1. The quantitative estimate of drug-likeness (QED) is 0.132. The molecule has 2 aromatic heterocycles. The molecule has 2 atom stereocenters. The van der Waals surface area contributed by atoms with Gasteiger partial charge in [-0.2, -0.15) is 11.8 Å². The van der Waals surface area contributed by atoms with Crippen molar-refractivity contribution in [2.75, 3.05) is 39.3 Å². The Hall–Kier alpha value is -3.35. The number of esters is 1. The predicted molar refractivity (Wildman–Crippen MR) is 164 cm³/mol. The molecule has 0 bridgehead atoms. The van der Waals surface area contributed by atoms with Gasteiger partial charge in [-0.3, -0.25) is 4.79 Å². The van der Waals surface area contributed by atoms with Crippen LogP contribution in [-0.4, -0.2) is 84.8 Å². The number of alkyl halides is 1. The maximum atomic E-state index is 12.5. The molecule has 0 fully saturated rings. The number of nitrogens with zero attached hydrogens (tertiary/aromatic N) is 4. The maximum absolute atomic E-state index is 12.5. The highest BCUT2D eigenvalue weighted by molar-refractivity contribution is 7.98. The van der Waals surface area contributed by atoms with Gasteiger partial charge in [0.25, 0.3) is 10.0 Å². The zero-order valence-corrected chi connectivity index (χ0v) is 26.2. The highest BCUT2D eigenvalue weighted by atomic mass is 32.2. The van der Waals surface area contributed by atoms with Gasteiger partial charge in [0.1, 0.15) is 43.1 Å². The monoisotopic (exact) mass is 668 g/mol. The Kier molecular flexibility index (Phi) is 12.3. The third-order valence-corrected chi connectivity index (χ3v) is 9.69. The number of carbonyl (C=O) groups is 1. The van der Waals surface area contributed by atoms with Crippen LogP contribution in [-0.2, 0) is 31.9 Å². The number of thiazole rings is 1. The normalized spacial score (nSPS) is 13.1. The summed E-state index contributed by atoms with van der Waals surface area (Å²) in [6, 6.07) is 11.4. The lowest BCUT2D eigenvalue weighted by atomic mass is 10.2. The lowest BCUT2D eigenvalue weighted by Crippen LogP contribution is -2.42. The SMILES string of the molecule is COC(=O)C(CSCc1cccc(OCCF)c1)NC[C@@H](CCO)n1cc(COc2ccc3nc(S(N)(=O)=O)sc3c2)nn1. The minimum atomic E-state index is -3.90. The first-order chi connectivity index (χ1) is 21.2. The molecule has 17 heteroatoms. The van der Waals surface area contributed by atoms with Crippen molar-refractivity contribution in [3.63, 3.8) is 0 Å². The number of aliphatic hydroxyl groups excluding tert-OH is 1. The van der Waals surface area contributed by atoms with Gasteiger partial charge in [0.05, 0.1) is 29.6 Å². The molecule has 238 valence electrons. The summed E-state index contributed by atoms with van der Waals surface area (Å²) in [6.07, 6.45) is 2.06. The van der Waals surface area contributed by atoms with Gasteiger partial charge in [-0.1, -0.05) is 17.3 Å². The number of carbonyl (C=O) groups excluding carboxylic acids is 1. The van der Waals surface area contributed by atoms with Gasteiger partial charge in [-0.15, -0.1) is 16.4 Å². The Bertz CT molecular complexity index is 1630. The van der Waals surface area contributed by atoms with Crippen molar-refractivity contribution in [1.82, 2.24) is 25.3 Å². The summed E-state index contributed by atoms with van der Waals surface area (Å²) in [5.41, 5.74) is 2.00. The fourth-order valence-electron chi connectivity index (χ4n) is 4.09. The van der Waals surface area contributed by atoms with Crippen molar-refractivity contribution in [1.29, 1.82) is 0 Å². The summed E-state index contributed by atoms with van der Waals surface area (Å²) in [7, 11) is -2.57. The van der Waals surface area contributed by atoms with E-state index in [0.29, 0.717) is 51.9 Å². The molecule has 4 N–H and O–H groups in total. The second-order valence-electron chi connectivity index (χ2n) is 9.48. The van der Waals surface area contributed by atoms with E-state index in [9.17, 15) is 22.7 Å². The van der Waals surface area contributed by atoms with Crippen molar-refractivity contribution in [3.8, 4) is 11.5 Å². The molecule has 0 aliphatic rings. The van der Waals surface area contributed by atoms with E-state index in [-0.39, 0.29) is 30.2 Å². The van der Waals surface area contributed by atoms with Crippen LogP contribution in [0.2, 0.25) is 0 Å². The second-order valence-corrected chi connectivity index (χ2v) is 13.3. The number of aromatic nitrogens is 4. The molecule has 0 saturated carbocycles. The molecule has 0 aliphatic heterocycles. The minimum absolute atomic E-state index is 0.00386. The highest BCUT2D eigenvalue weighted by Crippen LogP contribution is 2.28. The topological polar surface area (TPSA) is 181 Å². The number of hydrogen-bond donors (Lipinski definition) is 3. The van der Waals surface area contributed by atoms with E-state index < -0.39 is 28.7 Å². The number of halogens is 1. The molecular weight excluding hydrogens is 636 g/mol. The third kappa shape index (κ3) is 9.57. The van der Waals surface area contributed by atoms with Gasteiger partial charge in [-0.05, 0) is 42.3 Å². The molecule has 13 nitrogen and oxygen atoms in total. The van der Waals surface area contributed by atoms with Crippen LogP contribution in [0.4, 0.5) is 4.39 Å². The lowest BCUT2D eigenvalue weighted by molar-refractivity contribution is -0.142. The van der Waals surface area contributed by atoms with Crippen LogP contribution >= 0.6 is 23.1 Å². The molecule has 2 heterocycles. The van der Waals surface area contributed by atoms with E-state index >= 15 is 0 Å². The summed E-state index contributed by atoms with van der Waals surface area (Å²) in [5, 5.41) is 26.4. The van der Waals surface area contributed by atoms with Crippen molar-refractivity contribution in [2.24, 2.45) is 5.14 Å². The molecule has 44 heavy (non-hydrogen) atoms. The molecule has 1 unspecified atom stereocenters. The van der Waals surface area contributed by atoms with E-state index in [1.165, 1.54) is 18.9 Å². The first-order valence-corrected chi connectivity index (χ1v) is 17.0. The van der Waals surface area contributed by atoms with Crippen LogP contribution in [0.3, 0.4) is 0 Å². The Morgan fingerprint density at radius 3 is 2.80 bits per heavy atom. The predicted octanol–water partition coefficient (Wildman–Crippen LogP) is 2.45. The first kappa shape index (κ1) is 33.5. The van der Waals surface area contributed by atoms with Crippen molar-refractivity contribution >= 4 is 49.3 Å². The molecule has 0 radical (unpaired) electrons. The summed E-state index contributed by atoms with van der Waals surface area (Å²) in [6.45, 7) is -0.272. The van der Waals surface area contributed by atoms with Gasteiger partial charge in [0, 0.05) is 24.7 Å². The van der Waals surface area contributed by atoms with E-state index in [2.05, 4.69) is 20.6 Å². The number of benzene rings is 2. The number of nitrogens with one attached hydrogen (secondary N) is 1. The Morgan fingerprint density at radius 2 is 2.05 bits per heavy atom. The van der Waals surface area contributed by atoms with Gasteiger partial charge >= 0.3 is 5.97 Å². The molecule has 4 rings (SSSR count). The zero-order chi connectivity index (χ0) is 31.5. The maximum Gasteiger partial charge on any atom is 0.323 e. The van der Waals surface area contributed by atoms with Crippen LogP contribution in [0.25, 0.3) is 10.2 Å². The average molecular weight is 669 g/mol. The number of nitrogens with two attached hydrogens (primary N) is 1. The Labute approximate surface area is 261 Å². The summed E-state index contributed by atoms with van der Waals surface area (Å²) >= 11 is 2.48. The standard InChI is InChI=1S/C27H33FN6O7S3/c1-39-26(36)24(17-42-16-18-3-2-4-21(11-18)40-10-8-28)30-13-20(7-9-35)34-14-19(32-33-34)15-41-22-5-6-23-25(12-22)43-27(31-23)44(29,37)38/h2-6,11-12,14,20,24,30,35H,7-10,13,15-17H2,1H3,(H2,29,37,38)/t20-,24?/m1/s1. The van der Waals surface area contributed by atoms with Crippen molar-refractivity contribution < 1.29 is 36.9 Å². The molecule has 2 aromatic carbocycles. The lowest BCUT2D eigenvalue weighted by Gasteiger charge is -2.21. The second kappa shape index (κ2) is 16.1.